The van der Waals surface area contributed by atoms with E-state index in [1.165, 1.54) is 19.3 Å². The van der Waals surface area contributed by atoms with Gasteiger partial charge in [-0.25, -0.2) is 4.57 Å². The second-order valence-electron chi connectivity index (χ2n) is 3.23. The quantitative estimate of drug-likeness (QED) is 0.706. The van der Waals surface area contributed by atoms with Crippen molar-refractivity contribution >= 4 is 18.2 Å². The van der Waals surface area contributed by atoms with Gasteiger partial charge in [0, 0.05) is 12.3 Å². The molecule has 6 heteroatoms. The number of piperidine rings is 1. The maximum atomic E-state index is 10.5. The van der Waals surface area contributed by atoms with Gasteiger partial charge in [-0.3, -0.25) is 0 Å². The van der Waals surface area contributed by atoms with Crippen LogP contribution in [0.3, 0.4) is 0 Å². The van der Waals surface area contributed by atoms with Crippen LogP contribution in [0.1, 0.15) is 19.3 Å². The van der Waals surface area contributed by atoms with E-state index in [4.69, 9.17) is 9.79 Å². The van der Waals surface area contributed by atoms with Crippen molar-refractivity contribution in [3.05, 3.63) is 0 Å². The van der Waals surface area contributed by atoms with Gasteiger partial charge < -0.3 is 14.7 Å². The van der Waals surface area contributed by atoms with Gasteiger partial charge in [0.2, 0.25) is 0 Å². The summed E-state index contributed by atoms with van der Waals surface area (Å²) in [5, 5.41) is 0. The third-order valence-electron chi connectivity index (χ3n) is 2.12. The Kier molecular flexibility index (Phi) is 4.76. The zero-order chi connectivity index (χ0) is 9.73. The third-order valence-corrected chi connectivity index (χ3v) is 4.37. The third kappa shape index (κ3) is 5.70. The molecule has 0 aromatic carbocycles. The van der Waals surface area contributed by atoms with Crippen molar-refractivity contribution in [2.75, 3.05) is 25.4 Å². The first-order chi connectivity index (χ1) is 6.08. The van der Waals surface area contributed by atoms with Gasteiger partial charge in [0.15, 0.2) is 0 Å². The molecule has 4 nitrogen and oxygen atoms in total. The van der Waals surface area contributed by atoms with Crippen molar-refractivity contribution in [3.8, 4) is 0 Å². The minimum Gasteiger partial charge on any atom is -0.317 e. The van der Waals surface area contributed by atoms with Gasteiger partial charge in [0.1, 0.15) is 0 Å². The lowest BCUT2D eigenvalue weighted by Gasteiger charge is -2.25. The van der Waals surface area contributed by atoms with Crippen LogP contribution >= 0.6 is 18.2 Å². The van der Waals surface area contributed by atoms with Gasteiger partial charge >= 0.3 is 6.80 Å². The molecule has 1 saturated heterocycles. The lowest BCUT2D eigenvalue weighted by molar-refractivity contribution is 0.242. The first-order valence-corrected chi connectivity index (χ1v) is 7.71. The molecule has 1 heterocycles. The molecule has 1 aliphatic heterocycles. The Labute approximate surface area is 82.6 Å². The molecule has 0 atom stereocenters. The first kappa shape index (κ1) is 11.5. The zero-order valence-corrected chi connectivity index (χ0v) is 9.27. The normalized spacial score (nSPS) is 20.5. The minimum absolute atomic E-state index is 0.532. The van der Waals surface area contributed by atoms with Crippen LogP contribution in [0.25, 0.3) is 0 Å². The largest absolute Gasteiger partial charge is 0.384 e. The van der Waals surface area contributed by atoms with Crippen molar-refractivity contribution in [3.63, 3.8) is 0 Å². The van der Waals surface area contributed by atoms with Crippen molar-refractivity contribution < 1.29 is 14.4 Å². The summed E-state index contributed by atoms with van der Waals surface area (Å²) in [6.45, 7) is -0.872. The van der Waals surface area contributed by atoms with Crippen LogP contribution in [0.15, 0.2) is 0 Å². The first-order valence-electron chi connectivity index (χ1n) is 4.50. The maximum absolute atomic E-state index is 10.5. The standard InChI is InChI=1S/C7H16NO3PS/c9-12(10,11)13-7-6-8-4-2-1-3-5-8/h1-7H2,(H2,9,10,11). The maximum Gasteiger partial charge on any atom is 0.384 e. The summed E-state index contributed by atoms with van der Waals surface area (Å²) in [5.74, 6) is 0.532. The Hall–Kier alpha value is 0.460. The van der Waals surface area contributed by atoms with Gasteiger partial charge in [0.05, 0.1) is 0 Å². The Morgan fingerprint density at radius 3 is 2.38 bits per heavy atom. The van der Waals surface area contributed by atoms with Gasteiger partial charge in [0.25, 0.3) is 0 Å². The lowest BCUT2D eigenvalue weighted by atomic mass is 10.1. The fourth-order valence-electron chi connectivity index (χ4n) is 1.47. The summed E-state index contributed by atoms with van der Waals surface area (Å²) in [6.07, 6.45) is 3.74. The molecule has 0 bridgehead atoms. The van der Waals surface area contributed by atoms with Crippen LogP contribution in [-0.2, 0) is 4.57 Å². The minimum atomic E-state index is -3.84. The highest BCUT2D eigenvalue weighted by Crippen LogP contribution is 2.49. The lowest BCUT2D eigenvalue weighted by Crippen LogP contribution is -2.31. The predicted molar refractivity (Wildman–Crippen MR) is 54.8 cm³/mol. The van der Waals surface area contributed by atoms with Crippen molar-refractivity contribution in [1.82, 2.24) is 4.90 Å². The van der Waals surface area contributed by atoms with Crippen LogP contribution in [-0.4, -0.2) is 40.1 Å². The molecule has 0 amide bonds. The number of nitrogens with zero attached hydrogens (tertiary/aromatic N) is 1. The van der Waals surface area contributed by atoms with Gasteiger partial charge in [-0.15, -0.1) is 0 Å². The summed E-state index contributed by atoms with van der Waals surface area (Å²) in [4.78, 5) is 19.5. The smallest absolute Gasteiger partial charge is 0.317 e. The fraction of sp³-hybridized carbons (Fsp3) is 1.00. The summed E-state index contributed by atoms with van der Waals surface area (Å²) in [7, 11) is 0. The molecule has 1 fully saturated rings. The second-order valence-corrected chi connectivity index (χ2v) is 7.08. The van der Waals surface area contributed by atoms with E-state index in [0.717, 1.165) is 31.0 Å². The molecule has 0 aliphatic carbocycles. The molecule has 0 unspecified atom stereocenters. The Morgan fingerprint density at radius 2 is 1.85 bits per heavy atom. The SMILES string of the molecule is O=P(O)(O)SCCN1CCCCC1. The molecule has 1 rings (SSSR count). The highest BCUT2D eigenvalue weighted by Gasteiger charge is 2.15. The summed E-state index contributed by atoms with van der Waals surface area (Å²) in [6, 6.07) is 0. The number of hydrogen-bond donors (Lipinski definition) is 2. The fourth-order valence-corrected chi connectivity index (χ4v) is 3.01. The van der Waals surface area contributed by atoms with E-state index in [-0.39, 0.29) is 0 Å². The van der Waals surface area contributed by atoms with E-state index in [0.29, 0.717) is 5.75 Å². The van der Waals surface area contributed by atoms with E-state index in [1.54, 1.807) is 0 Å². The van der Waals surface area contributed by atoms with E-state index in [2.05, 4.69) is 4.90 Å². The summed E-state index contributed by atoms with van der Waals surface area (Å²) < 4.78 is 10.5. The highest BCUT2D eigenvalue weighted by molar-refractivity contribution is 8.54. The van der Waals surface area contributed by atoms with Crippen molar-refractivity contribution in [2.24, 2.45) is 0 Å². The zero-order valence-electron chi connectivity index (χ0n) is 7.56. The molecular formula is C7H16NO3PS. The monoisotopic (exact) mass is 225 g/mol. The molecule has 0 aromatic rings. The molecule has 78 valence electrons. The highest BCUT2D eigenvalue weighted by atomic mass is 32.7. The number of rotatable bonds is 4. The van der Waals surface area contributed by atoms with Crippen LogP contribution in [0, 0.1) is 0 Å². The molecular weight excluding hydrogens is 209 g/mol. The van der Waals surface area contributed by atoms with Crippen molar-refractivity contribution in [1.29, 1.82) is 0 Å². The molecule has 0 radical (unpaired) electrons. The van der Waals surface area contributed by atoms with Crippen LogP contribution in [0.4, 0.5) is 0 Å². The molecule has 0 saturated carbocycles. The van der Waals surface area contributed by atoms with E-state index >= 15 is 0 Å². The molecule has 0 spiro atoms. The second kappa shape index (κ2) is 5.37. The van der Waals surface area contributed by atoms with Crippen LogP contribution in [0.5, 0.6) is 0 Å². The number of likely N-dealkylation sites (tertiary alicyclic amines) is 1. The molecule has 1 aliphatic rings. The van der Waals surface area contributed by atoms with Gasteiger partial charge in [-0.1, -0.05) is 6.42 Å². The summed E-state index contributed by atoms with van der Waals surface area (Å²) in [5.41, 5.74) is 0. The van der Waals surface area contributed by atoms with Gasteiger partial charge in [-0.2, -0.15) is 0 Å². The van der Waals surface area contributed by atoms with Crippen LogP contribution in [0.2, 0.25) is 0 Å². The van der Waals surface area contributed by atoms with E-state index in [1.807, 2.05) is 0 Å². The average molecular weight is 225 g/mol. The Bertz CT molecular complexity index is 190. The molecule has 13 heavy (non-hydrogen) atoms. The van der Waals surface area contributed by atoms with E-state index < -0.39 is 6.80 Å². The van der Waals surface area contributed by atoms with Crippen LogP contribution < -0.4 is 0 Å². The predicted octanol–water partition coefficient (Wildman–Crippen LogP) is 1.30. The van der Waals surface area contributed by atoms with Gasteiger partial charge in [-0.05, 0) is 37.3 Å². The molecule has 0 aromatic heterocycles. The summed E-state index contributed by atoms with van der Waals surface area (Å²) >= 11 is 0.752. The topological polar surface area (TPSA) is 60.8 Å². The Morgan fingerprint density at radius 1 is 1.23 bits per heavy atom. The van der Waals surface area contributed by atoms with Crippen molar-refractivity contribution in [2.45, 2.75) is 19.3 Å². The Balaban J connectivity index is 2.08. The molecule has 2 N–H and O–H groups in total. The number of hydrogen-bond acceptors (Lipinski definition) is 3. The average Bonchev–Trinajstić information content (AvgIpc) is 2.04. The van der Waals surface area contributed by atoms with E-state index in [9.17, 15) is 4.57 Å².